The molecule has 1 atom stereocenters. The van der Waals surface area contributed by atoms with Crippen molar-refractivity contribution in [3.63, 3.8) is 0 Å². The summed E-state index contributed by atoms with van der Waals surface area (Å²) in [7, 11) is 0. The molecule has 0 aliphatic carbocycles. The van der Waals surface area contributed by atoms with Gasteiger partial charge in [-0.2, -0.15) is 0 Å². The Morgan fingerprint density at radius 2 is 1.79 bits per heavy atom. The Kier molecular flexibility index (Phi) is 6.13. The summed E-state index contributed by atoms with van der Waals surface area (Å²) in [4.78, 5) is 0. The molecule has 2 rings (SSSR count). The van der Waals surface area contributed by atoms with Crippen LogP contribution in [-0.2, 0) is 11.3 Å². The Bertz CT molecular complexity index is 547. The topological polar surface area (TPSA) is 9.23 Å². The third-order valence-corrected chi connectivity index (χ3v) is 4.68. The van der Waals surface area contributed by atoms with Gasteiger partial charge in [0.15, 0.2) is 0 Å². The van der Waals surface area contributed by atoms with Gasteiger partial charge in [-0.15, -0.1) is 0 Å². The Morgan fingerprint density at radius 3 is 2.47 bits per heavy atom. The van der Waals surface area contributed by atoms with Crippen LogP contribution >= 0.6 is 50.1 Å². The summed E-state index contributed by atoms with van der Waals surface area (Å²) >= 11 is 12.0. The minimum absolute atomic E-state index is 0.0625. The largest absolute Gasteiger partial charge is 0.368 e. The van der Waals surface area contributed by atoms with E-state index in [1.165, 1.54) is 5.56 Å². The Balaban J connectivity index is 2.09. The van der Waals surface area contributed by atoms with Crippen LogP contribution in [0.25, 0.3) is 0 Å². The average molecular weight is 452 g/mol. The van der Waals surface area contributed by atoms with Gasteiger partial charge in [0.2, 0.25) is 0 Å². The maximum absolute atomic E-state index is 6.14. The first-order chi connectivity index (χ1) is 9.22. The van der Waals surface area contributed by atoms with Crippen LogP contribution in [0.1, 0.15) is 17.2 Å². The Hall–Kier alpha value is -0.100. The summed E-state index contributed by atoms with van der Waals surface area (Å²) in [5, 5.41) is 0.752. The number of benzene rings is 2. The highest BCUT2D eigenvalue weighted by Gasteiger charge is 2.14. The van der Waals surface area contributed by atoms with Gasteiger partial charge in [0.05, 0.1) is 12.7 Å². The van der Waals surface area contributed by atoms with Gasteiger partial charge in [-0.25, -0.2) is 0 Å². The average Bonchev–Trinajstić information content (AvgIpc) is 2.43. The van der Waals surface area contributed by atoms with Crippen LogP contribution in [0.3, 0.4) is 0 Å². The molecule has 0 aliphatic heterocycles. The molecule has 0 saturated heterocycles. The first-order valence-corrected chi connectivity index (χ1v) is 8.57. The molecular weight excluding hydrogens is 438 g/mol. The normalized spacial score (nSPS) is 12.4. The third-order valence-electron chi connectivity index (χ3n) is 2.79. The highest BCUT2D eigenvalue weighted by Crippen LogP contribution is 2.29. The highest BCUT2D eigenvalue weighted by atomic mass is 127. The van der Waals surface area contributed by atoms with E-state index < -0.39 is 0 Å². The molecular formula is C15H13BrClIO. The molecule has 0 aromatic heterocycles. The van der Waals surface area contributed by atoms with E-state index in [1.807, 2.05) is 42.5 Å². The molecule has 2 aromatic rings. The van der Waals surface area contributed by atoms with Gasteiger partial charge < -0.3 is 4.74 Å². The van der Waals surface area contributed by atoms with Gasteiger partial charge in [-0.05, 0) is 23.3 Å². The second-order valence-corrected chi connectivity index (χ2v) is 6.21. The van der Waals surface area contributed by atoms with Crippen molar-refractivity contribution < 1.29 is 4.74 Å². The molecule has 0 bridgehead atoms. The summed E-state index contributed by atoms with van der Waals surface area (Å²) in [6.07, 6.45) is 0.0625. The lowest BCUT2D eigenvalue weighted by molar-refractivity contribution is 0.0573. The van der Waals surface area contributed by atoms with Crippen LogP contribution in [0.15, 0.2) is 53.0 Å². The fourth-order valence-corrected chi connectivity index (χ4v) is 3.22. The summed E-state index contributed by atoms with van der Waals surface area (Å²) < 4.78 is 7.98. The molecule has 0 fully saturated rings. The van der Waals surface area contributed by atoms with E-state index in [9.17, 15) is 0 Å². The maximum atomic E-state index is 6.14. The molecule has 100 valence electrons. The zero-order valence-corrected chi connectivity index (χ0v) is 14.7. The van der Waals surface area contributed by atoms with Crippen molar-refractivity contribution >= 4 is 50.1 Å². The van der Waals surface area contributed by atoms with Gasteiger partial charge >= 0.3 is 0 Å². The van der Waals surface area contributed by atoms with Gasteiger partial charge in [-0.1, -0.05) is 86.5 Å². The number of rotatable bonds is 5. The molecule has 1 nitrogen and oxygen atoms in total. The zero-order valence-electron chi connectivity index (χ0n) is 10.2. The predicted molar refractivity (Wildman–Crippen MR) is 92.0 cm³/mol. The van der Waals surface area contributed by atoms with Crippen LogP contribution in [0.4, 0.5) is 0 Å². The minimum atomic E-state index is 0.0625. The molecule has 0 aliphatic rings. The fourth-order valence-electron chi connectivity index (χ4n) is 1.76. The van der Waals surface area contributed by atoms with E-state index >= 15 is 0 Å². The summed E-state index contributed by atoms with van der Waals surface area (Å²) in [6.45, 7) is 0.522. The highest BCUT2D eigenvalue weighted by molar-refractivity contribution is 14.1. The molecule has 0 radical (unpaired) electrons. The van der Waals surface area contributed by atoms with E-state index in [2.05, 4.69) is 44.6 Å². The van der Waals surface area contributed by atoms with Crippen molar-refractivity contribution in [2.45, 2.75) is 12.7 Å². The van der Waals surface area contributed by atoms with Crippen molar-refractivity contribution in [3.8, 4) is 0 Å². The first kappa shape index (κ1) is 15.3. The van der Waals surface area contributed by atoms with Crippen LogP contribution in [0.2, 0.25) is 5.02 Å². The van der Waals surface area contributed by atoms with E-state index in [0.29, 0.717) is 6.61 Å². The summed E-state index contributed by atoms with van der Waals surface area (Å²) in [5.41, 5.74) is 2.19. The first-order valence-electron chi connectivity index (χ1n) is 5.87. The number of alkyl halides is 1. The van der Waals surface area contributed by atoms with Crippen LogP contribution in [0.5, 0.6) is 0 Å². The van der Waals surface area contributed by atoms with Crippen molar-refractivity contribution in [1.29, 1.82) is 0 Å². The van der Waals surface area contributed by atoms with Crippen LogP contribution in [0, 0.1) is 0 Å². The SMILES string of the molecule is Clc1ccccc1COC(CI)c1ccccc1Br. The van der Waals surface area contributed by atoms with E-state index in [4.69, 9.17) is 16.3 Å². The number of ether oxygens (including phenoxy) is 1. The predicted octanol–water partition coefficient (Wildman–Crippen LogP) is 5.80. The van der Waals surface area contributed by atoms with E-state index in [-0.39, 0.29) is 6.10 Å². The quantitative estimate of drug-likeness (QED) is 0.413. The third kappa shape index (κ3) is 4.18. The molecule has 4 heteroatoms. The standard InChI is InChI=1S/C15H13BrClIO/c16-13-7-3-2-6-12(13)15(9-18)19-10-11-5-1-4-8-14(11)17/h1-8,15H,9-10H2. The summed E-state index contributed by atoms with van der Waals surface area (Å²) in [5.74, 6) is 0. The molecule has 0 heterocycles. The Labute approximate surface area is 140 Å². The number of hydrogen-bond donors (Lipinski definition) is 0. The minimum Gasteiger partial charge on any atom is -0.368 e. The lowest BCUT2D eigenvalue weighted by Gasteiger charge is -2.17. The van der Waals surface area contributed by atoms with Gasteiger partial charge in [0, 0.05) is 13.9 Å². The molecule has 0 spiro atoms. The van der Waals surface area contributed by atoms with Crippen molar-refractivity contribution in [2.24, 2.45) is 0 Å². The zero-order chi connectivity index (χ0) is 13.7. The van der Waals surface area contributed by atoms with Crippen molar-refractivity contribution in [2.75, 3.05) is 4.43 Å². The molecule has 19 heavy (non-hydrogen) atoms. The number of halogens is 3. The summed E-state index contributed by atoms with van der Waals surface area (Å²) in [6, 6.07) is 15.9. The van der Waals surface area contributed by atoms with E-state index in [0.717, 1.165) is 19.5 Å². The van der Waals surface area contributed by atoms with Crippen LogP contribution < -0.4 is 0 Å². The van der Waals surface area contributed by atoms with E-state index in [1.54, 1.807) is 0 Å². The molecule has 2 aromatic carbocycles. The van der Waals surface area contributed by atoms with Crippen molar-refractivity contribution in [1.82, 2.24) is 0 Å². The van der Waals surface area contributed by atoms with Gasteiger partial charge in [-0.3, -0.25) is 0 Å². The lowest BCUT2D eigenvalue weighted by Crippen LogP contribution is -2.07. The van der Waals surface area contributed by atoms with Gasteiger partial charge in [0.1, 0.15) is 0 Å². The smallest absolute Gasteiger partial charge is 0.0929 e. The maximum Gasteiger partial charge on any atom is 0.0929 e. The van der Waals surface area contributed by atoms with Crippen LogP contribution in [-0.4, -0.2) is 4.43 Å². The Morgan fingerprint density at radius 1 is 1.11 bits per heavy atom. The monoisotopic (exact) mass is 450 g/mol. The van der Waals surface area contributed by atoms with Crippen molar-refractivity contribution in [3.05, 3.63) is 69.2 Å². The van der Waals surface area contributed by atoms with Gasteiger partial charge in [0.25, 0.3) is 0 Å². The molecule has 0 N–H and O–H groups in total. The fraction of sp³-hybridized carbons (Fsp3) is 0.200. The lowest BCUT2D eigenvalue weighted by atomic mass is 10.1. The second-order valence-electron chi connectivity index (χ2n) is 4.07. The number of hydrogen-bond acceptors (Lipinski definition) is 1. The second kappa shape index (κ2) is 7.62. The molecule has 0 amide bonds. The molecule has 0 saturated carbocycles. The molecule has 1 unspecified atom stereocenters.